The number of unbranched alkanes of at least 4 members (excludes halogenated alkanes) is 32. The minimum absolute atomic E-state index is 0.0837. The smallest absolute Gasteiger partial charge is 0.306 e. The molecule has 0 rings (SSSR count). The van der Waals surface area contributed by atoms with Crippen LogP contribution in [0.5, 0.6) is 0 Å². The first-order valence-corrected chi connectivity index (χ1v) is 26.5. The summed E-state index contributed by atoms with van der Waals surface area (Å²) in [5, 5.41) is 0. The molecule has 356 valence electrons. The minimum Gasteiger partial charge on any atom is -0.462 e. The van der Waals surface area contributed by atoms with Crippen LogP contribution in [0.25, 0.3) is 0 Å². The second kappa shape index (κ2) is 50.3. The average molecular weight is 857 g/mol. The lowest BCUT2D eigenvalue weighted by Crippen LogP contribution is -2.30. The Hall–Kier alpha value is -2.37. The second-order valence-corrected chi connectivity index (χ2v) is 17.8. The zero-order valence-electron chi connectivity index (χ0n) is 40.7. The third-order valence-corrected chi connectivity index (χ3v) is 11.6. The van der Waals surface area contributed by atoms with Crippen LogP contribution >= 0.6 is 0 Å². The number of allylic oxidation sites excluding steroid dienone is 6. The predicted octanol–water partition coefficient (Wildman–Crippen LogP) is 17.3. The Kier molecular flexibility index (Phi) is 48.3. The van der Waals surface area contributed by atoms with Crippen LogP contribution in [0.4, 0.5) is 0 Å². The van der Waals surface area contributed by atoms with Gasteiger partial charge in [-0.2, -0.15) is 0 Å². The quantitative estimate of drug-likeness (QED) is 0.0199. The van der Waals surface area contributed by atoms with Gasteiger partial charge in [0.05, 0.1) is 0 Å². The lowest BCUT2D eigenvalue weighted by molar-refractivity contribution is -0.167. The molecular formula is C55H100O6. The van der Waals surface area contributed by atoms with Crippen LogP contribution in [-0.2, 0) is 28.6 Å². The van der Waals surface area contributed by atoms with Crippen LogP contribution in [0.3, 0.4) is 0 Å². The van der Waals surface area contributed by atoms with Gasteiger partial charge < -0.3 is 14.2 Å². The second-order valence-electron chi connectivity index (χ2n) is 17.8. The van der Waals surface area contributed by atoms with E-state index in [9.17, 15) is 14.4 Å². The SMILES string of the molecule is CCCCCCCCC/C=C\C=C/CCCCCC(=O)OCC(COC(=O)CCCCCCCCCCCCCCC)OC(=O)CCCCC/C=C\CCCCCCCCC. The molecule has 0 aromatic heterocycles. The largest absolute Gasteiger partial charge is 0.462 e. The molecule has 0 saturated heterocycles. The normalized spacial score (nSPS) is 12.2. The fraction of sp³-hybridized carbons (Fsp3) is 0.836. The van der Waals surface area contributed by atoms with Crippen LogP contribution in [0.2, 0.25) is 0 Å². The van der Waals surface area contributed by atoms with Gasteiger partial charge in [0.15, 0.2) is 6.10 Å². The van der Waals surface area contributed by atoms with Gasteiger partial charge >= 0.3 is 17.9 Å². The summed E-state index contributed by atoms with van der Waals surface area (Å²) in [5.41, 5.74) is 0. The summed E-state index contributed by atoms with van der Waals surface area (Å²) < 4.78 is 16.8. The van der Waals surface area contributed by atoms with E-state index in [1.165, 1.54) is 154 Å². The minimum atomic E-state index is -0.786. The Morgan fingerprint density at radius 3 is 0.934 bits per heavy atom. The van der Waals surface area contributed by atoms with Crippen molar-refractivity contribution in [3.05, 3.63) is 36.5 Å². The molecule has 6 heteroatoms. The molecule has 0 heterocycles. The summed E-state index contributed by atoms with van der Waals surface area (Å²) in [6.07, 6.45) is 58.4. The standard InChI is InChI=1S/C55H100O6/c1-4-7-10-13-16-19-22-25-27-28-31-33-36-39-42-45-48-54(57)60-51-52(50-59-53(56)47-44-41-38-35-32-29-24-21-18-15-12-9-6-3)61-55(58)49-46-43-40-37-34-30-26-23-20-17-14-11-8-5-2/h27-28,30-31,33-34,52H,4-26,29,32,35-51H2,1-3H3/b28-27-,33-31-,34-30-. The lowest BCUT2D eigenvalue weighted by atomic mass is 10.0. The number of ether oxygens (including phenoxy) is 3. The summed E-state index contributed by atoms with van der Waals surface area (Å²) >= 11 is 0. The van der Waals surface area contributed by atoms with Crippen molar-refractivity contribution in [2.24, 2.45) is 0 Å². The molecule has 0 aliphatic carbocycles. The fourth-order valence-electron chi connectivity index (χ4n) is 7.60. The molecule has 0 aromatic rings. The van der Waals surface area contributed by atoms with Gasteiger partial charge in [0.25, 0.3) is 0 Å². The molecule has 0 N–H and O–H groups in total. The van der Waals surface area contributed by atoms with Crippen LogP contribution in [0.15, 0.2) is 36.5 Å². The number of carbonyl (C=O) groups excluding carboxylic acids is 3. The van der Waals surface area contributed by atoms with E-state index in [0.29, 0.717) is 19.3 Å². The van der Waals surface area contributed by atoms with Gasteiger partial charge in [-0.3, -0.25) is 14.4 Å². The molecule has 0 fully saturated rings. The van der Waals surface area contributed by atoms with Crippen molar-refractivity contribution in [1.82, 2.24) is 0 Å². The van der Waals surface area contributed by atoms with Gasteiger partial charge in [0, 0.05) is 19.3 Å². The number of carbonyl (C=O) groups is 3. The van der Waals surface area contributed by atoms with E-state index >= 15 is 0 Å². The van der Waals surface area contributed by atoms with Crippen molar-refractivity contribution in [3.63, 3.8) is 0 Å². The van der Waals surface area contributed by atoms with Crippen molar-refractivity contribution >= 4 is 17.9 Å². The van der Waals surface area contributed by atoms with Gasteiger partial charge in [0.1, 0.15) is 13.2 Å². The Bertz CT molecular complexity index is 1030. The zero-order chi connectivity index (χ0) is 44.4. The molecule has 0 amide bonds. The molecule has 0 aliphatic heterocycles. The summed E-state index contributed by atoms with van der Waals surface area (Å²) in [7, 11) is 0. The maximum absolute atomic E-state index is 12.8. The van der Waals surface area contributed by atoms with Gasteiger partial charge in [-0.25, -0.2) is 0 Å². The predicted molar refractivity (Wildman–Crippen MR) is 261 cm³/mol. The number of hydrogen-bond donors (Lipinski definition) is 0. The Balaban J connectivity index is 4.41. The molecule has 6 nitrogen and oxygen atoms in total. The molecule has 0 aromatic carbocycles. The van der Waals surface area contributed by atoms with E-state index in [2.05, 4.69) is 57.2 Å². The van der Waals surface area contributed by atoms with Crippen LogP contribution in [-0.4, -0.2) is 37.2 Å². The van der Waals surface area contributed by atoms with Crippen LogP contribution in [0.1, 0.15) is 278 Å². The molecule has 1 unspecified atom stereocenters. The topological polar surface area (TPSA) is 78.9 Å². The van der Waals surface area contributed by atoms with Crippen molar-refractivity contribution in [1.29, 1.82) is 0 Å². The lowest BCUT2D eigenvalue weighted by Gasteiger charge is -2.18. The van der Waals surface area contributed by atoms with Gasteiger partial charge in [-0.1, -0.05) is 224 Å². The number of esters is 3. The number of hydrogen-bond acceptors (Lipinski definition) is 6. The van der Waals surface area contributed by atoms with E-state index in [4.69, 9.17) is 14.2 Å². The van der Waals surface area contributed by atoms with Gasteiger partial charge in [-0.15, -0.1) is 0 Å². The first kappa shape index (κ1) is 58.6. The van der Waals surface area contributed by atoms with Crippen LogP contribution < -0.4 is 0 Å². The molecule has 0 spiro atoms. The summed E-state index contributed by atoms with van der Waals surface area (Å²) in [6.45, 7) is 6.61. The Morgan fingerprint density at radius 2 is 0.590 bits per heavy atom. The van der Waals surface area contributed by atoms with Crippen molar-refractivity contribution in [2.75, 3.05) is 13.2 Å². The van der Waals surface area contributed by atoms with Crippen molar-refractivity contribution in [3.8, 4) is 0 Å². The van der Waals surface area contributed by atoms with Gasteiger partial charge in [0.2, 0.25) is 0 Å². The zero-order valence-corrected chi connectivity index (χ0v) is 40.7. The average Bonchev–Trinajstić information content (AvgIpc) is 3.26. The molecule has 0 radical (unpaired) electrons. The highest BCUT2D eigenvalue weighted by Crippen LogP contribution is 2.15. The van der Waals surface area contributed by atoms with Crippen LogP contribution in [0, 0.1) is 0 Å². The van der Waals surface area contributed by atoms with Crippen molar-refractivity contribution in [2.45, 2.75) is 284 Å². The fourth-order valence-corrected chi connectivity index (χ4v) is 7.60. The summed E-state index contributed by atoms with van der Waals surface area (Å²) in [4.78, 5) is 38.0. The maximum Gasteiger partial charge on any atom is 0.306 e. The highest BCUT2D eigenvalue weighted by molar-refractivity contribution is 5.71. The molecule has 61 heavy (non-hydrogen) atoms. The summed E-state index contributed by atoms with van der Waals surface area (Å²) in [5.74, 6) is -0.917. The first-order chi connectivity index (χ1) is 30.0. The molecule has 0 aliphatic rings. The Labute approximate surface area is 378 Å². The molecule has 1 atom stereocenters. The van der Waals surface area contributed by atoms with Gasteiger partial charge in [-0.05, 0) is 70.6 Å². The van der Waals surface area contributed by atoms with E-state index in [1.807, 2.05) is 0 Å². The van der Waals surface area contributed by atoms with E-state index < -0.39 is 6.10 Å². The highest BCUT2D eigenvalue weighted by atomic mass is 16.6. The maximum atomic E-state index is 12.8. The number of rotatable bonds is 48. The highest BCUT2D eigenvalue weighted by Gasteiger charge is 2.19. The molecular weight excluding hydrogens is 757 g/mol. The van der Waals surface area contributed by atoms with E-state index in [1.54, 1.807) is 0 Å². The van der Waals surface area contributed by atoms with Crippen molar-refractivity contribution < 1.29 is 28.6 Å². The summed E-state index contributed by atoms with van der Waals surface area (Å²) in [6, 6.07) is 0. The Morgan fingerprint density at radius 1 is 0.328 bits per heavy atom. The molecule has 0 saturated carbocycles. The third kappa shape index (κ3) is 48.5. The van der Waals surface area contributed by atoms with E-state index in [-0.39, 0.29) is 31.1 Å². The monoisotopic (exact) mass is 857 g/mol. The molecule has 0 bridgehead atoms. The third-order valence-electron chi connectivity index (χ3n) is 11.6. The first-order valence-electron chi connectivity index (χ1n) is 26.5. The van der Waals surface area contributed by atoms with E-state index in [0.717, 1.165) is 83.5 Å².